The molecule has 8 heteroatoms. The van der Waals surface area contributed by atoms with Crippen molar-refractivity contribution in [3.05, 3.63) is 57.6 Å². The van der Waals surface area contributed by atoms with Crippen molar-refractivity contribution >= 4 is 23.3 Å². The largest absolute Gasteiger partial charge is 0.497 e. The van der Waals surface area contributed by atoms with Crippen LogP contribution in [0.15, 0.2) is 36.4 Å². The van der Waals surface area contributed by atoms with Crippen LogP contribution in [-0.4, -0.2) is 37.3 Å². The lowest BCUT2D eigenvalue weighted by Gasteiger charge is -2.10. The van der Waals surface area contributed by atoms with Gasteiger partial charge < -0.3 is 19.3 Å². The fourth-order valence-corrected chi connectivity index (χ4v) is 2.35. The summed E-state index contributed by atoms with van der Waals surface area (Å²) in [5.74, 6) is -0.226. The number of hydrogen-bond acceptors (Lipinski definition) is 6. The molecule has 0 heterocycles. The van der Waals surface area contributed by atoms with E-state index in [0.29, 0.717) is 11.3 Å². The highest BCUT2D eigenvalue weighted by Gasteiger charge is 2.20. The van der Waals surface area contributed by atoms with Crippen LogP contribution in [0.4, 0.5) is 5.69 Å². The molecule has 0 saturated carbocycles. The highest BCUT2D eigenvalue weighted by molar-refractivity contribution is 6.21. The van der Waals surface area contributed by atoms with Crippen molar-refractivity contribution in [3.8, 4) is 17.2 Å². The van der Waals surface area contributed by atoms with E-state index in [1.54, 1.807) is 24.3 Å². The Morgan fingerprint density at radius 2 is 1.62 bits per heavy atom. The minimum absolute atomic E-state index is 0.0841. The fraction of sp³-hybridized carbons (Fsp3) is 0.167. The fourth-order valence-electron chi connectivity index (χ4n) is 2.35. The predicted octanol–water partition coefficient (Wildman–Crippen LogP) is 3.25. The topological polar surface area (TPSA) is 108 Å². The smallest absolute Gasteiger partial charge is 0.336 e. The molecule has 0 aliphatic heterocycles. The number of methoxy groups -OCH3 is 3. The summed E-state index contributed by atoms with van der Waals surface area (Å²) in [5.41, 5.74) is 0.0566. The summed E-state index contributed by atoms with van der Waals surface area (Å²) in [6.45, 7) is 0. The van der Waals surface area contributed by atoms with Crippen molar-refractivity contribution < 1.29 is 29.0 Å². The molecule has 8 nitrogen and oxygen atoms in total. The molecule has 2 aromatic carbocycles. The van der Waals surface area contributed by atoms with Crippen LogP contribution >= 0.6 is 0 Å². The summed E-state index contributed by atoms with van der Waals surface area (Å²) in [4.78, 5) is 22.5. The first-order chi connectivity index (χ1) is 12.4. The van der Waals surface area contributed by atoms with Gasteiger partial charge in [0.15, 0.2) is 11.5 Å². The number of rotatable bonds is 7. The van der Waals surface area contributed by atoms with Crippen molar-refractivity contribution in [2.45, 2.75) is 0 Å². The second kappa shape index (κ2) is 8.02. The molecule has 2 rings (SSSR count). The summed E-state index contributed by atoms with van der Waals surface area (Å²) in [5, 5.41) is 20.9. The number of benzene rings is 2. The molecular weight excluding hydrogens is 342 g/mol. The minimum atomic E-state index is -1.22. The molecule has 2 aromatic rings. The first-order valence-electron chi connectivity index (χ1n) is 7.41. The lowest BCUT2D eigenvalue weighted by atomic mass is 10.0. The van der Waals surface area contributed by atoms with Gasteiger partial charge in [0.25, 0.3) is 5.69 Å². The van der Waals surface area contributed by atoms with Gasteiger partial charge in [0.1, 0.15) is 5.75 Å². The number of ether oxygens (including phenoxy) is 3. The van der Waals surface area contributed by atoms with Crippen LogP contribution in [0.25, 0.3) is 11.6 Å². The minimum Gasteiger partial charge on any atom is -0.497 e. The van der Waals surface area contributed by atoms with E-state index >= 15 is 0 Å². The summed E-state index contributed by atoms with van der Waals surface area (Å²) in [7, 11) is 4.24. The van der Waals surface area contributed by atoms with Gasteiger partial charge in [-0.1, -0.05) is 12.1 Å². The number of carboxylic acid groups (broad SMARTS) is 1. The van der Waals surface area contributed by atoms with Crippen molar-refractivity contribution in [2.24, 2.45) is 0 Å². The second-order valence-electron chi connectivity index (χ2n) is 5.11. The number of aliphatic carboxylic acids is 1. The van der Waals surface area contributed by atoms with E-state index in [-0.39, 0.29) is 28.3 Å². The first kappa shape index (κ1) is 18.8. The molecule has 0 unspecified atom stereocenters. The highest BCUT2D eigenvalue weighted by atomic mass is 16.6. The summed E-state index contributed by atoms with van der Waals surface area (Å²) in [6.07, 6.45) is 1.23. The Kier molecular flexibility index (Phi) is 5.79. The number of hydrogen-bond donors (Lipinski definition) is 1. The molecule has 0 atom stereocenters. The van der Waals surface area contributed by atoms with Gasteiger partial charge in [-0.25, -0.2) is 4.79 Å². The van der Waals surface area contributed by atoms with Gasteiger partial charge in [0.05, 0.1) is 43.5 Å². The van der Waals surface area contributed by atoms with E-state index in [1.165, 1.54) is 39.5 Å². The van der Waals surface area contributed by atoms with Crippen LogP contribution in [0.5, 0.6) is 17.2 Å². The molecule has 26 heavy (non-hydrogen) atoms. The second-order valence-corrected chi connectivity index (χ2v) is 5.11. The normalized spacial score (nSPS) is 11.0. The van der Waals surface area contributed by atoms with Crippen molar-refractivity contribution in [1.29, 1.82) is 0 Å². The van der Waals surface area contributed by atoms with Gasteiger partial charge in [-0.3, -0.25) is 10.1 Å². The SMILES string of the molecule is COc1ccc(/C(=C/c2cc(OC)c(OC)cc2[N+](=O)[O-])C(=O)O)cc1. The van der Waals surface area contributed by atoms with Crippen molar-refractivity contribution in [3.63, 3.8) is 0 Å². The third-order valence-electron chi connectivity index (χ3n) is 3.66. The molecule has 0 aromatic heterocycles. The van der Waals surface area contributed by atoms with Gasteiger partial charge in [-0.2, -0.15) is 0 Å². The summed E-state index contributed by atoms with van der Waals surface area (Å²) < 4.78 is 15.3. The van der Waals surface area contributed by atoms with Gasteiger partial charge >= 0.3 is 5.97 Å². The van der Waals surface area contributed by atoms with Gasteiger partial charge in [-0.05, 0) is 29.8 Å². The standard InChI is InChI=1S/C18H17NO7/c1-24-13-6-4-11(5-7-13)14(18(20)21)8-12-9-16(25-2)17(26-3)10-15(12)19(22)23/h4-10H,1-3H3,(H,20,21)/b14-8-. The predicted molar refractivity (Wildman–Crippen MR) is 94.7 cm³/mol. The third kappa shape index (κ3) is 3.92. The number of nitrogens with zero attached hydrogens (tertiary/aromatic N) is 1. The Balaban J connectivity index is 2.65. The van der Waals surface area contributed by atoms with Gasteiger partial charge in [0, 0.05) is 0 Å². The maximum absolute atomic E-state index is 11.7. The molecule has 0 radical (unpaired) electrons. The average Bonchev–Trinajstić information content (AvgIpc) is 2.65. The Morgan fingerprint density at radius 1 is 1.04 bits per heavy atom. The van der Waals surface area contributed by atoms with Crippen molar-refractivity contribution in [2.75, 3.05) is 21.3 Å². The molecule has 1 N–H and O–H groups in total. The lowest BCUT2D eigenvalue weighted by molar-refractivity contribution is -0.385. The van der Waals surface area contributed by atoms with Crippen LogP contribution in [-0.2, 0) is 4.79 Å². The van der Waals surface area contributed by atoms with E-state index in [2.05, 4.69) is 0 Å². The molecule has 0 saturated heterocycles. The number of carbonyl (C=O) groups is 1. The van der Waals surface area contributed by atoms with Gasteiger partial charge in [-0.15, -0.1) is 0 Å². The third-order valence-corrected chi connectivity index (χ3v) is 3.66. The molecular formula is C18H17NO7. The van der Waals surface area contributed by atoms with E-state index in [4.69, 9.17) is 14.2 Å². The number of nitro benzene ring substituents is 1. The zero-order chi connectivity index (χ0) is 19.3. The Bertz CT molecular complexity index is 857. The number of carboxylic acids is 1. The molecule has 0 aliphatic rings. The molecule has 0 bridgehead atoms. The Morgan fingerprint density at radius 3 is 2.08 bits per heavy atom. The summed E-state index contributed by atoms with van der Waals surface area (Å²) in [6, 6.07) is 8.89. The van der Waals surface area contributed by atoms with Crippen LogP contribution in [0.3, 0.4) is 0 Å². The zero-order valence-corrected chi connectivity index (χ0v) is 14.4. The van der Waals surface area contributed by atoms with Crippen LogP contribution in [0.2, 0.25) is 0 Å². The molecule has 136 valence electrons. The van der Waals surface area contributed by atoms with Gasteiger partial charge in [0.2, 0.25) is 0 Å². The Hall–Kier alpha value is -3.55. The molecule has 0 aliphatic carbocycles. The van der Waals surface area contributed by atoms with E-state index in [0.717, 1.165) is 0 Å². The quantitative estimate of drug-likeness (QED) is 0.350. The van der Waals surface area contributed by atoms with Crippen LogP contribution < -0.4 is 14.2 Å². The maximum Gasteiger partial charge on any atom is 0.336 e. The number of nitro groups is 1. The maximum atomic E-state index is 11.7. The summed E-state index contributed by atoms with van der Waals surface area (Å²) >= 11 is 0. The highest BCUT2D eigenvalue weighted by Crippen LogP contribution is 2.36. The lowest BCUT2D eigenvalue weighted by Crippen LogP contribution is -2.01. The van der Waals surface area contributed by atoms with Crippen molar-refractivity contribution in [1.82, 2.24) is 0 Å². The van der Waals surface area contributed by atoms with E-state index < -0.39 is 10.9 Å². The monoisotopic (exact) mass is 359 g/mol. The van der Waals surface area contributed by atoms with E-state index in [1.807, 2.05) is 0 Å². The van der Waals surface area contributed by atoms with Crippen LogP contribution in [0, 0.1) is 10.1 Å². The molecule has 0 amide bonds. The average molecular weight is 359 g/mol. The van der Waals surface area contributed by atoms with Crippen LogP contribution in [0.1, 0.15) is 11.1 Å². The first-order valence-corrected chi connectivity index (χ1v) is 7.41. The molecule has 0 fully saturated rings. The Labute approximate surface area is 149 Å². The molecule has 0 spiro atoms. The zero-order valence-electron chi connectivity index (χ0n) is 14.4. The van der Waals surface area contributed by atoms with E-state index in [9.17, 15) is 20.0 Å².